The summed E-state index contributed by atoms with van der Waals surface area (Å²) in [4.78, 5) is 2.32. The van der Waals surface area contributed by atoms with Crippen LogP contribution in [0, 0.1) is 6.92 Å². The average molecular weight is 274 g/mol. The Balaban J connectivity index is 1.99. The molecule has 2 N–H and O–H groups in total. The van der Waals surface area contributed by atoms with Crippen molar-refractivity contribution >= 4 is 0 Å². The second kappa shape index (κ2) is 5.47. The molecule has 1 aromatic carbocycles. The fourth-order valence-electron chi connectivity index (χ4n) is 4.10. The molecular weight excluding hydrogens is 248 g/mol. The van der Waals surface area contributed by atoms with Gasteiger partial charge in [-0.2, -0.15) is 0 Å². The van der Waals surface area contributed by atoms with Gasteiger partial charge in [0, 0.05) is 12.6 Å². The van der Waals surface area contributed by atoms with Crippen LogP contribution in [0.25, 0.3) is 0 Å². The number of piperidine rings is 1. The van der Waals surface area contributed by atoms with Gasteiger partial charge in [0.1, 0.15) is 0 Å². The van der Waals surface area contributed by atoms with Crippen LogP contribution in [0.5, 0.6) is 0 Å². The van der Waals surface area contributed by atoms with Crippen LogP contribution in [0.4, 0.5) is 0 Å². The number of fused-ring (bicyclic) bond motifs is 2. The summed E-state index contributed by atoms with van der Waals surface area (Å²) in [5.74, 6) is 0. The summed E-state index contributed by atoms with van der Waals surface area (Å²) in [5, 5.41) is 12.7. The van der Waals surface area contributed by atoms with E-state index in [-0.39, 0.29) is 6.61 Å². The maximum Gasteiger partial charge on any atom is 0.0558 e. The summed E-state index contributed by atoms with van der Waals surface area (Å²) in [6.07, 6.45) is 3.70. The number of aliphatic hydroxyl groups excluding tert-OH is 1. The number of rotatable bonds is 3. The van der Waals surface area contributed by atoms with Crippen molar-refractivity contribution in [2.75, 3.05) is 33.3 Å². The van der Waals surface area contributed by atoms with Crippen LogP contribution in [0.1, 0.15) is 42.0 Å². The van der Waals surface area contributed by atoms with Crippen molar-refractivity contribution in [2.45, 2.75) is 37.6 Å². The molecule has 1 saturated heterocycles. The lowest BCUT2D eigenvalue weighted by molar-refractivity contribution is 0.158. The molecule has 3 nitrogen and oxygen atoms in total. The second-order valence-electron chi connectivity index (χ2n) is 6.55. The first-order valence-corrected chi connectivity index (χ1v) is 7.79. The minimum absolute atomic E-state index is 0.239. The fourth-order valence-corrected chi connectivity index (χ4v) is 4.10. The zero-order chi connectivity index (χ0) is 14.2. The van der Waals surface area contributed by atoms with Gasteiger partial charge in [-0.15, -0.1) is 0 Å². The lowest BCUT2D eigenvalue weighted by Crippen LogP contribution is -2.39. The van der Waals surface area contributed by atoms with Crippen molar-refractivity contribution < 1.29 is 5.11 Å². The minimum atomic E-state index is 0.239. The van der Waals surface area contributed by atoms with Crippen molar-refractivity contribution in [1.29, 1.82) is 0 Å². The number of benzene rings is 1. The van der Waals surface area contributed by atoms with Crippen molar-refractivity contribution in [3.63, 3.8) is 0 Å². The van der Waals surface area contributed by atoms with Crippen LogP contribution in [-0.4, -0.2) is 43.3 Å². The van der Waals surface area contributed by atoms with Crippen molar-refractivity contribution in [3.05, 3.63) is 34.9 Å². The van der Waals surface area contributed by atoms with Gasteiger partial charge in [0.05, 0.1) is 6.61 Å². The molecule has 0 radical (unpaired) electrons. The summed E-state index contributed by atoms with van der Waals surface area (Å²) < 4.78 is 0. The molecule has 20 heavy (non-hydrogen) atoms. The molecule has 1 heterocycles. The second-order valence-corrected chi connectivity index (χ2v) is 6.55. The Kier molecular flexibility index (Phi) is 3.85. The zero-order valence-electron chi connectivity index (χ0n) is 12.7. The van der Waals surface area contributed by atoms with E-state index in [0.29, 0.717) is 11.5 Å². The van der Waals surface area contributed by atoms with Crippen LogP contribution in [0.3, 0.4) is 0 Å². The maximum absolute atomic E-state index is 9.24. The van der Waals surface area contributed by atoms with Gasteiger partial charge >= 0.3 is 0 Å². The molecule has 3 heteroatoms. The van der Waals surface area contributed by atoms with Gasteiger partial charge in [-0.25, -0.2) is 0 Å². The lowest BCUT2D eigenvalue weighted by Gasteiger charge is -2.36. The van der Waals surface area contributed by atoms with E-state index in [1.54, 1.807) is 5.56 Å². The summed E-state index contributed by atoms with van der Waals surface area (Å²) in [6.45, 7) is 5.45. The summed E-state index contributed by atoms with van der Waals surface area (Å²) >= 11 is 0. The minimum Gasteiger partial charge on any atom is -0.395 e. The quantitative estimate of drug-likeness (QED) is 0.885. The van der Waals surface area contributed by atoms with E-state index >= 15 is 0 Å². The van der Waals surface area contributed by atoms with Gasteiger partial charge in [-0.3, -0.25) is 4.90 Å². The third-order valence-electron chi connectivity index (χ3n) is 5.27. The normalized spacial score (nSPS) is 24.3. The largest absolute Gasteiger partial charge is 0.395 e. The molecule has 1 fully saturated rings. The van der Waals surface area contributed by atoms with Crippen molar-refractivity contribution in [1.82, 2.24) is 10.2 Å². The van der Waals surface area contributed by atoms with Gasteiger partial charge in [-0.1, -0.05) is 23.8 Å². The molecule has 0 aromatic heterocycles. The van der Waals surface area contributed by atoms with Gasteiger partial charge in [0.15, 0.2) is 0 Å². The van der Waals surface area contributed by atoms with E-state index in [0.717, 1.165) is 19.6 Å². The Bertz CT molecular complexity index is 480. The Morgan fingerprint density at radius 2 is 2.10 bits per heavy atom. The van der Waals surface area contributed by atoms with E-state index in [1.165, 1.54) is 30.4 Å². The van der Waals surface area contributed by atoms with Gasteiger partial charge in [0.25, 0.3) is 0 Å². The highest BCUT2D eigenvalue weighted by Gasteiger charge is 2.45. The molecule has 0 bridgehead atoms. The molecule has 1 spiro atoms. The molecule has 0 saturated carbocycles. The smallest absolute Gasteiger partial charge is 0.0558 e. The topological polar surface area (TPSA) is 35.5 Å². The first kappa shape index (κ1) is 14.1. The molecule has 1 aromatic rings. The Labute approximate surface area is 122 Å². The summed E-state index contributed by atoms with van der Waals surface area (Å²) in [5.41, 5.74) is 4.80. The summed E-state index contributed by atoms with van der Waals surface area (Å²) in [6, 6.07) is 7.43. The number of hydrogen-bond acceptors (Lipinski definition) is 3. The highest BCUT2D eigenvalue weighted by atomic mass is 16.3. The van der Waals surface area contributed by atoms with Crippen LogP contribution in [0.15, 0.2) is 18.2 Å². The van der Waals surface area contributed by atoms with Crippen LogP contribution in [0.2, 0.25) is 0 Å². The number of aliphatic hydroxyl groups is 1. The monoisotopic (exact) mass is 274 g/mol. The van der Waals surface area contributed by atoms with Crippen molar-refractivity contribution in [2.24, 2.45) is 0 Å². The standard InChI is InChI=1S/C17H26N2O/c1-13-3-4-14-15(11-13)17(5-7-18-8-6-17)12-16(14)19(2)9-10-20/h3-4,11,16,18,20H,5-10,12H2,1-2H3/t16-/m0/s1. The maximum atomic E-state index is 9.24. The number of hydrogen-bond donors (Lipinski definition) is 2. The fraction of sp³-hybridized carbons (Fsp3) is 0.647. The Hall–Kier alpha value is -0.900. The molecule has 1 aliphatic heterocycles. The number of nitrogens with one attached hydrogen (secondary N) is 1. The molecule has 0 amide bonds. The summed E-state index contributed by atoms with van der Waals surface area (Å²) in [7, 11) is 2.14. The predicted molar refractivity (Wildman–Crippen MR) is 82.0 cm³/mol. The number of nitrogens with zero attached hydrogens (tertiary/aromatic N) is 1. The van der Waals surface area contributed by atoms with E-state index < -0.39 is 0 Å². The third-order valence-corrected chi connectivity index (χ3v) is 5.27. The predicted octanol–water partition coefficient (Wildman–Crippen LogP) is 1.99. The Morgan fingerprint density at radius 1 is 1.35 bits per heavy atom. The highest BCUT2D eigenvalue weighted by molar-refractivity contribution is 5.45. The molecule has 2 aliphatic rings. The van der Waals surface area contributed by atoms with Crippen LogP contribution < -0.4 is 5.32 Å². The average Bonchev–Trinajstić information content (AvgIpc) is 2.75. The SMILES string of the molecule is Cc1ccc2c(c1)C1(CCNCC1)C[C@@H]2N(C)CCO. The zero-order valence-corrected chi connectivity index (χ0v) is 12.7. The number of aryl methyl sites for hydroxylation is 1. The van der Waals surface area contributed by atoms with E-state index in [9.17, 15) is 5.11 Å². The Morgan fingerprint density at radius 3 is 2.80 bits per heavy atom. The first-order valence-electron chi connectivity index (χ1n) is 7.79. The van der Waals surface area contributed by atoms with Gasteiger partial charge in [-0.05, 0) is 62.9 Å². The molecule has 110 valence electrons. The van der Waals surface area contributed by atoms with E-state index in [2.05, 4.69) is 42.4 Å². The van der Waals surface area contributed by atoms with E-state index in [4.69, 9.17) is 0 Å². The molecule has 3 rings (SSSR count). The molecule has 0 unspecified atom stereocenters. The molecule has 1 aliphatic carbocycles. The van der Waals surface area contributed by atoms with Gasteiger partial charge in [0.2, 0.25) is 0 Å². The highest BCUT2D eigenvalue weighted by Crippen LogP contribution is 2.51. The van der Waals surface area contributed by atoms with Crippen LogP contribution in [-0.2, 0) is 5.41 Å². The third kappa shape index (κ3) is 2.28. The lowest BCUT2D eigenvalue weighted by atomic mass is 9.74. The van der Waals surface area contributed by atoms with Crippen molar-refractivity contribution in [3.8, 4) is 0 Å². The van der Waals surface area contributed by atoms with E-state index in [1.807, 2.05) is 0 Å². The number of likely N-dealkylation sites (N-methyl/N-ethyl adjacent to an activating group) is 1. The molecule has 1 atom stereocenters. The van der Waals surface area contributed by atoms with Gasteiger partial charge < -0.3 is 10.4 Å². The van der Waals surface area contributed by atoms with Crippen LogP contribution >= 0.6 is 0 Å². The first-order chi connectivity index (χ1) is 9.66. The molecular formula is C17H26N2O.